The van der Waals surface area contributed by atoms with E-state index in [-0.39, 0.29) is 6.04 Å². The summed E-state index contributed by atoms with van der Waals surface area (Å²) in [7, 11) is 0. The first-order valence-electron chi connectivity index (χ1n) is 11.0. The molecule has 2 aliphatic heterocycles. The Balaban J connectivity index is 0.00000141. The molecule has 8 heteroatoms. The maximum atomic E-state index is 10.2. The minimum atomic E-state index is 0.236. The number of anilines is 2. The fourth-order valence-corrected chi connectivity index (χ4v) is 5.49. The third-order valence-corrected chi connectivity index (χ3v) is 6.90. The summed E-state index contributed by atoms with van der Waals surface area (Å²) < 4.78 is 0. The average Bonchev–Trinajstić information content (AvgIpc) is 3.34. The zero-order chi connectivity index (χ0) is 23.1. The second-order valence-corrected chi connectivity index (χ2v) is 9.09. The van der Waals surface area contributed by atoms with Crippen molar-refractivity contribution in [3.63, 3.8) is 0 Å². The zero-order valence-electron chi connectivity index (χ0n) is 18.7. The van der Waals surface area contributed by atoms with Gasteiger partial charge in [-0.15, -0.1) is 0 Å². The third-order valence-electron chi connectivity index (χ3n) is 5.78. The second kappa shape index (κ2) is 11.0. The molecule has 0 amide bonds. The summed E-state index contributed by atoms with van der Waals surface area (Å²) in [5, 5.41) is 22.2. The Morgan fingerprint density at radius 3 is 2.56 bits per heavy atom. The molecule has 2 heterocycles. The van der Waals surface area contributed by atoms with E-state index in [1.165, 1.54) is 23.4 Å². The van der Waals surface area contributed by atoms with Crippen molar-refractivity contribution < 1.29 is 0 Å². The Kier molecular flexibility index (Phi) is 8.10. The van der Waals surface area contributed by atoms with Crippen LogP contribution in [0.1, 0.15) is 44.2 Å². The van der Waals surface area contributed by atoms with Crippen molar-refractivity contribution in [1.82, 2.24) is 4.90 Å². The molecule has 0 saturated carbocycles. The van der Waals surface area contributed by atoms with E-state index >= 15 is 0 Å². The zero-order valence-corrected chi connectivity index (χ0v) is 19.5. The van der Waals surface area contributed by atoms with Crippen LogP contribution < -0.4 is 10.6 Å². The van der Waals surface area contributed by atoms with Crippen molar-refractivity contribution in [2.45, 2.75) is 48.9 Å². The highest BCUT2D eigenvalue weighted by molar-refractivity contribution is 7.99. The van der Waals surface area contributed by atoms with E-state index in [1.807, 2.05) is 6.07 Å². The number of aliphatic imine (C=N–C) groups is 1. The lowest BCUT2D eigenvalue weighted by atomic mass is 10.0. The fourth-order valence-electron chi connectivity index (χ4n) is 4.40. The standard InChI is InChI=1S/C24H29N5S.N2/c1-3-12-27-24(26)18-10-11-22-23(19(18)15-25)29(17(2)16-28-13-6-7-14-28)20-8-4-5-9-21(20)30-22;1-2/h4-5,8-11,17H,3,6-7,12-14,16H2,1-2H3,(H2,26,27);. The number of nitrogens with two attached hydrogens (primary N) is 1. The van der Waals surface area contributed by atoms with E-state index in [9.17, 15) is 5.26 Å². The number of para-hydroxylation sites is 1. The monoisotopic (exact) mass is 447 g/mol. The first-order chi connectivity index (χ1) is 15.6. The van der Waals surface area contributed by atoms with Crippen LogP contribution in [-0.2, 0) is 0 Å². The van der Waals surface area contributed by atoms with Gasteiger partial charge in [0.1, 0.15) is 11.9 Å². The molecule has 166 valence electrons. The van der Waals surface area contributed by atoms with Gasteiger partial charge in [-0.25, -0.2) is 0 Å². The number of rotatable bonds is 6. The number of nitriles is 1. The largest absolute Gasteiger partial charge is 0.383 e. The number of hydrogen-bond acceptors (Lipinski definition) is 7. The number of benzene rings is 2. The molecule has 2 aromatic carbocycles. The van der Waals surface area contributed by atoms with Gasteiger partial charge in [0, 0.05) is 45.3 Å². The molecule has 1 unspecified atom stereocenters. The van der Waals surface area contributed by atoms with E-state index in [0.717, 1.165) is 42.2 Å². The van der Waals surface area contributed by atoms with Crippen molar-refractivity contribution in [2.24, 2.45) is 10.7 Å². The van der Waals surface area contributed by atoms with Gasteiger partial charge in [-0.1, -0.05) is 30.8 Å². The molecule has 0 aliphatic carbocycles. The van der Waals surface area contributed by atoms with Gasteiger partial charge in [0.05, 0.1) is 16.9 Å². The molecule has 0 spiro atoms. The van der Waals surface area contributed by atoms with E-state index in [0.29, 0.717) is 17.9 Å². The third kappa shape index (κ3) is 4.72. The summed E-state index contributed by atoms with van der Waals surface area (Å²) in [5.41, 5.74) is 9.81. The Morgan fingerprint density at radius 1 is 1.16 bits per heavy atom. The highest BCUT2D eigenvalue weighted by Crippen LogP contribution is 2.50. The second-order valence-electron chi connectivity index (χ2n) is 8.01. The first kappa shape index (κ1) is 23.6. The molecular formula is C24H29N7S. The number of likely N-dealkylation sites (tertiary alicyclic amines) is 1. The molecule has 1 atom stereocenters. The van der Waals surface area contributed by atoms with Crippen LogP contribution in [0.2, 0.25) is 0 Å². The lowest BCUT2D eigenvalue weighted by Gasteiger charge is -2.39. The lowest BCUT2D eigenvalue weighted by molar-refractivity contribution is 0.319. The molecule has 32 heavy (non-hydrogen) atoms. The van der Waals surface area contributed by atoms with Crippen molar-refractivity contribution in [3.05, 3.63) is 47.5 Å². The predicted molar refractivity (Wildman–Crippen MR) is 128 cm³/mol. The summed E-state index contributed by atoms with van der Waals surface area (Å²) in [6.07, 6.45) is 3.47. The lowest BCUT2D eigenvalue weighted by Crippen LogP contribution is -2.40. The summed E-state index contributed by atoms with van der Waals surface area (Å²) in [4.78, 5) is 11.7. The van der Waals surface area contributed by atoms with Crippen molar-refractivity contribution in [3.8, 4) is 6.07 Å². The Bertz CT molecular complexity index is 1030. The molecule has 0 bridgehead atoms. The fraction of sp³-hybridized carbons (Fsp3) is 0.417. The van der Waals surface area contributed by atoms with Gasteiger partial charge in [0.15, 0.2) is 0 Å². The van der Waals surface area contributed by atoms with Crippen LogP contribution in [0.3, 0.4) is 0 Å². The minimum absolute atomic E-state index is 0.236. The highest BCUT2D eigenvalue weighted by atomic mass is 32.2. The Hall–Kier alpha value is -3.07. The predicted octanol–water partition coefficient (Wildman–Crippen LogP) is 4.79. The van der Waals surface area contributed by atoms with Crippen LogP contribution in [0.25, 0.3) is 0 Å². The van der Waals surface area contributed by atoms with Crippen LogP contribution in [0.15, 0.2) is 51.2 Å². The van der Waals surface area contributed by atoms with E-state index < -0.39 is 0 Å². The van der Waals surface area contributed by atoms with Crippen LogP contribution in [0.5, 0.6) is 0 Å². The van der Waals surface area contributed by atoms with Crippen LogP contribution >= 0.6 is 11.8 Å². The number of fused-ring (bicyclic) bond motifs is 2. The van der Waals surface area contributed by atoms with E-state index in [1.54, 1.807) is 11.8 Å². The van der Waals surface area contributed by atoms with Gasteiger partial charge < -0.3 is 15.5 Å². The number of hydrogen-bond donors (Lipinski definition) is 1. The normalized spacial score (nSPS) is 16.3. The van der Waals surface area contributed by atoms with Crippen LogP contribution in [0.4, 0.5) is 11.4 Å². The molecule has 2 N–H and O–H groups in total. The highest BCUT2D eigenvalue weighted by Gasteiger charge is 2.32. The van der Waals surface area contributed by atoms with Crippen molar-refractivity contribution in [1.29, 1.82) is 16.0 Å². The molecule has 7 nitrogen and oxygen atoms in total. The van der Waals surface area contributed by atoms with Gasteiger partial charge in [-0.3, -0.25) is 4.99 Å². The maximum Gasteiger partial charge on any atom is 0.127 e. The maximum absolute atomic E-state index is 10.2. The van der Waals surface area contributed by atoms with E-state index in [4.69, 9.17) is 16.5 Å². The molecular weight excluding hydrogens is 418 g/mol. The topological polar surface area (TPSA) is 116 Å². The summed E-state index contributed by atoms with van der Waals surface area (Å²) in [6, 6.07) is 15.2. The summed E-state index contributed by atoms with van der Waals surface area (Å²) >= 11 is 1.73. The van der Waals surface area contributed by atoms with Gasteiger partial charge in [0.25, 0.3) is 0 Å². The average molecular weight is 448 g/mol. The van der Waals surface area contributed by atoms with Gasteiger partial charge in [0.2, 0.25) is 0 Å². The smallest absolute Gasteiger partial charge is 0.127 e. The van der Waals surface area contributed by atoms with Crippen LogP contribution in [0, 0.1) is 22.1 Å². The van der Waals surface area contributed by atoms with Crippen molar-refractivity contribution in [2.75, 3.05) is 31.1 Å². The van der Waals surface area contributed by atoms with Crippen molar-refractivity contribution >= 4 is 29.0 Å². The molecule has 4 rings (SSSR count). The SMILES string of the molecule is CCCN=C(N)c1ccc2c(c1C#N)N(C(C)CN1CCCC1)c1ccccc1S2.N#N. The molecule has 0 aromatic heterocycles. The molecule has 1 saturated heterocycles. The number of nitrogens with zero attached hydrogens (tertiary/aromatic N) is 6. The first-order valence-corrected chi connectivity index (χ1v) is 11.8. The Labute approximate surface area is 194 Å². The van der Waals surface area contributed by atoms with E-state index in [2.05, 4.69) is 65.0 Å². The summed E-state index contributed by atoms with van der Waals surface area (Å²) in [6.45, 7) is 8.29. The molecule has 1 fully saturated rings. The van der Waals surface area contributed by atoms with Crippen LogP contribution in [-0.4, -0.2) is 43.0 Å². The quantitative estimate of drug-likeness (QED) is 0.384. The number of amidine groups is 1. The van der Waals surface area contributed by atoms with Gasteiger partial charge >= 0.3 is 0 Å². The minimum Gasteiger partial charge on any atom is -0.383 e. The molecule has 2 aromatic rings. The van der Waals surface area contributed by atoms with Gasteiger partial charge in [-0.2, -0.15) is 5.26 Å². The van der Waals surface area contributed by atoms with Gasteiger partial charge in [-0.05, 0) is 63.5 Å². The Morgan fingerprint density at radius 2 is 1.88 bits per heavy atom. The summed E-state index contributed by atoms with van der Waals surface area (Å²) in [5.74, 6) is 0.451. The molecule has 0 radical (unpaired) electrons. The molecule has 2 aliphatic rings.